The van der Waals surface area contributed by atoms with Crippen molar-refractivity contribution in [3.63, 3.8) is 0 Å². The minimum atomic E-state index is 0.671. The van der Waals surface area contributed by atoms with Crippen LogP contribution in [0.5, 0.6) is 0 Å². The van der Waals surface area contributed by atoms with Gasteiger partial charge in [-0.3, -0.25) is 0 Å². The summed E-state index contributed by atoms with van der Waals surface area (Å²) in [4.78, 5) is 0. The minimum Gasteiger partial charge on any atom is -0.368 e. The number of unbranched alkanes of at least 4 members (excludes halogenated alkanes) is 3. The molecule has 1 N–H and O–H groups in total. The highest BCUT2D eigenvalue weighted by Gasteiger charge is 2.13. The van der Waals surface area contributed by atoms with Gasteiger partial charge in [-0.25, -0.2) is 0 Å². The molecule has 3 heteroatoms. The Balaban J connectivity index is 1.97. The second kappa shape index (κ2) is 9.29. The van der Waals surface area contributed by atoms with E-state index in [9.17, 15) is 0 Å². The molecule has 0 bridgehead atoms. The molecular weight excluding hydrogens is 234 g/mol. The van der Waals surface area contributed by atoms with Crippen LogP contribution < -0.4 is 5.32 Å². The summed E-state index contributed by atoms with van der Waals surface area (Å²) in [5, 5.41) is 3.50. The second-order valence-electron chi connectivity index (χ2n) is 4.68. The standard InChI is InChI=1S/C13H25NS2/c1-2-3-4-8-11-16-13(15)14-12-9-6-5-7-10-12/h12H,2-11H2,1H3,(H,14,15). The van der Waals surface area contributed by atoms with E-state index in [1.165, 1.54) is 63.5 Å². The maximum absolute atomic E-state index is 5.36. The van der Waals surface area contributed by atoms with Gasteiger partial charge in [0.15, 0.2) is 0 Å². The van der Waals surface area contributed by atoms with Crippen LogP contribution >= 0.6 is 24.0 Å². The fourth-order valence-corrected chi connectivity index (χ4v) is 3.35. The van der Waals surface area contributed by atoms with E-state index >= 15 is 0 Å². The molecule has 0 aromatic carbocycles. The molecule has 0 aliphatic heterocycles. The Bertz CT molecular complexity index is 188. The second-order valence-corrected chi connectivity index (χ2v) is 6.45. The Morgan fingerprint density at radius 1 is 1.19 bits per heavy atom. The summed E-state index contributed by atoms with van der Waals surface area (Å²) >= 11 is 7.21. The van der Waals surface area contributed by atoms with Crippen molar-refractivity contribution in [3.8, 4) is 0 Å². The summed E-state index contributed by atoms with van der Waals surface area (Å²) in [6.07, 6.45) is 12.1. The normalized spacial score (nSPS) is 17.3. The maximum Gasteiger partial charge on any atom is 0.133 e. The van der Waals surface area contributed by atoms with Gasteiger partial charge in [0, 0.05) is 11.8 Å². The molecule has 1 aliphatic carbocycles. The minimum absolute atomic E-state index is 0.671. The van der Waals surface area contributed by atoms with Crippen molar-refractivity contribution in [1.82, 2.24) is 5.32 Å². The topological polar surface area (TPSA) is 12.0 Å². The van der Waals surface area contributed by atoms with Gasteiger partial charge in [-0.1, -0.05) is 69.4 Å². The Morgan fingerprint density at radius 3 is 2.62 bits per heavy atom. The molecule has 1 nitrogen and oxygen atoms in total. The summed E-state index contributed by atoms with van der Waals surface area (Å²) in [7, 11) is 0. The molecule has 0 unspecified atom stereocenters. The van der Waals surface area contributed by atoms with E-state index < -0.39 is 0 Å². The zero-order chi connectivity index (χ0) is 11.6. The number of hydrogen-bond acceptors (Lipinski definition) is 2. The van der Waals surface area contributed by atoms with Crippen LogP contribution in [0.2, 0.25) is 0 Å². The number of hydrogen-bond donors (Lipinski definition) is 1. The van der Waals surface area contributed by atoms with E-state index in [0.29, 0.717) is 6.04 Å². The summed E-state index contributed by atoms with van der Waals surface area (Å²) in [6, 6.07) is 0.671. The monoisotopic (exact) mass is 259 g/mol. The molecule has 0 heterocycles. The van der Waals surface area contributed by atoms with Crippen molar-refractivity contribution in [1.29, 1.82) is 0 Å². The molecular formula is C13H25NS2. The summed E-state index contributed by atoms with van der Waals surface area (Å²) < 4.78 is 1.03. The molecule has 1 fully saturated rings. The molecule has 0 atom stereocenters. The van der Waals surface area contributed by atoms with Gasteiger partial charge in [0.2, 0.25) is 0 Å². The quantitative estimate of drug-likeness (QED) is 0.557. The van der Waals surface area contributed by atoms with Gasteiger partial charge in [0.1, 0.15) is 4.32 Å². The highest BCUT2D eigenvalue weighted by atomic mass is 32.2. The Kier molecular flexibility index (Phi) is 8.30. The average molecular weight is 259 g/mol. The van der Waals surface area contributed by atoms with Gasteiger partial charge in [0.05, 0.1) is 0 Å². The van der Waals surface area contributed by atoms with Gasteiger partial charge in [-0.05, 0) is 19.3 Å². The van der Waals surface area contributed by atoms with Crippen LogP contribution in [0, 0.1) is 0 Å². The predicted molar refractivity (Wildman–Crippen MR) is 79.2 cm³/mol. The fraction of sp³-hybridized carbons (Fsp3) is 0.923. The average Bonchev–Trinajstić information content (AvgIpc) is 2.30. The van der Waals surface area contributed by atoms with Gasteiger partial charge in [-0.15, -0.1) is 0 Å². The maximum atomic E-state index is 5.36. The first kappa shape index (κ1) is 14.3. The number of thiocarbonyl (C=S) groups is 1. The van der Waals surface area contributed by atoms with Crippen LogP contribution in [0.1, 0.15) is 64.7 Å². The molecule has 0 amide bonds. The van der Waals surface area contributed by atoms with Crippen LogP contribution in [0.25, 0.3) is 0 Å². The van der Waals surface area contributed by atoms with Gasteiger partial charge in [-0.2, -0.15) is 0 Å². The van der Waals surface area contributed by atoms with E-state index in [1.54, 1.807) is 0 Å². The smallest absolute Gasteiger partial charge is 0.133 e. The molecule has 0 spiro atoms. The zero-order valence-corrected chi connectivity index (χ0v) is 12.1. The van der Waals surface area contributed by atoms with Crippen molar-refractivity contribution >= 4 is 28.3 Å². The lowest BCUT2D eigenvalue weighted by atomic mass is 9.96. The number of thioether (sulfide) groups is 1. The third-order valence-corrected chi connectivity index (χ3v) is 4.50. The molecule has 0 saturated heterocycles. The lowest BCUT2D eigenvalue weighted by Crippen LogP contribution is -2.33. The third-order valence-electron chi connectivity index (χ3n) is 3.16. The molecule has 0 radical (unpaired) electrons. The summed E-state index contributed by atoms with van der Waals surface area (Å²) in [6.45, 7) is 2.25. The highest BCUT2D eigenvalue weighted by molar-refractivity contribution is 8.22. The van der Waals surface area contributed by atoms with Crippen molar-refractivity contribution in [2.24, 2.45) is 0 Å². The Labute approximate surface area is 110 Å². The lowest BCUT2D eigenvalue weighted by Gasteiger charge is -2.23. The summed E-state index contributed by atoms with van der Waals surface area (Å²) in [5.74, 6) is 1.19. The van der Waals surface area contributed by atoms with Crippen molar-refractivity contribution in [2.45, 2.75) is 70.8 Å². The molecule has 16 heavy (non-hydrogen) atoms. The van der Waals surface area contributed by atoms with Crippen LogP contribution in [0.3, 0.4) is 0 Å². The number of rotatable bonds is 6. The predicted octanol–water partition coefficient (Wildman–Crippen LogP) is 4.51. The van der Waals surface area contributed by atoms with E-state index in [4.69, 9.17) is 12.2 Å². The van der Waals surface area contributed by atoms with E-state index in [0.717, 1.165) is 4.32 Å². The van der Waals surface area contributed by atoms with E-state index in [1.807, 2.05) is 11.8 Å². The van der Waals surface area contributed by atoms with Gasteiger partial charge >= 0.3 is 0 Å². The molecule has 1 saturated carbocycles. The van der Waals surface area contributed by atoms with Crippen LogP contribution in [0.15, 0.2) is 0 Å². The van der Waals surface area contributed by atoms with Gasteiger partial charge < -0.3 is 5.32 Å². The molecule has 0 aromatic heterocycles. The molecule has 1 aliphatic rings. The first-order valence-electron chi connectivity index (χ1n) is 6.76. The highest BCUT2D eigenvalue weighted by Crippen LogP contribution is 2.18. The first-order chi connectivity index (χ1) is 7.83. The van der Waals surface area contributed by atoms with Crippen LogP contribution in [-0.2, 0) is 0 Å². The fourth-order valence-electron chi connectivity index (χ4n) is 2.15. The zero-order valence-electron chi connectivity index (χ0n) is 10.5. The largest absolute Gasteiger partial charge is 0.368 e. The Morgan fingerprint density at radius 2 is 1.94 bits per heavy atom. The van der Waals surface area contributed by atoms with Crippen molar-refractivity contribution in [2.75, 3.05) is 5.75 Å². The van der Waals surface area contributed by atoms with Gasteiger partial charge in [0.25, 0.3) is 0 Å². The molecule has 0 aromatic rings. The Hall–Kier alpha value is 0.240. The summed E-state index contributed by atoms with van der Waals surface area (Å²) in [5.41, 5.74) is 0. The van der Waals surface area contributed by atoms with E-state index in [-0.39, 0.29) is 0 Å². The lowest BCUT2D eigenvalue weighted by molar-refractivity contribution is 0.416. The molecule has 94 valence electrons. The van der Waals surface area contributed by atoms with Crippen LogP contribution in [0.4, 0.5) is 0 Å². The SMILES string of the molecule is CCCCCCSC(=S)NC1CCCCC1. The van der Waals surface area contributed by atoms with Crippen molar-refractivity contribution < 1.29 is 0 Å². The third kappa shape index (κ3) is 6.74. The number of nitrogens with one attached hydrogen (secondary N) is 1. The van der Waals surface area contributed by atoms with Crippen molar-refractivity contribution in [3.05, 3.63) is 0 Å². The van der Waals surface area contributed by atoms with E-state index in [2.05, 4.69) is 12.2 Å². The molecule has 1 rings (SSSR count). The van der Waals surface area contributed by atoms with Crippen LogP contribution in [-0.4, -0.2) is 16.1 Å². The first-order valence-corrected chi connectivity index (χ1v) is 8.15.